The molecule has 0 amide bonds. The van der Waals surface area contributed by atoms with Gasteiger partial charge in [-0.15, -0.1) is 0 Å². The minimum absolute atomic E-state index is 0.566. The van der Waals surface area contributed by atoms with Gasteiger partial charge in [0.15, 0.2) is 0 Å². The van der Waals surface area contributed by atoms with Crippen LogP contribution < -0.4 is 0 Å². The van der Waals surface area contributed by atoms with Gasteiger partial charge < -0.3 is 4.90 Å². The van der Waals surface area contributed by atoms with Crippen molar-refractivity contribution in [2.45, 2.75) is 33.2 Å². The second-order valence-electron chi connectivity index (χ2n) is 5.28. The number of aliphatic imine (C=N–C) groups is 1. The highest BCUT2D eigenvalue weighted by Gasteiger charge is 2.25. The third-order valence-corrected chi connectivity index (χ3v) is 3.77. The molecule has 0 radical (unpaired) electrons. The molecule has 0 spiro atoms. The summed E-state index contributed by atoms with van der Waals surface area (Å²) < 4.78 is 0. The molecule has 2 rings (SSSR count). The van der Waals surface area contributed by atoms with E-state index in [-0.39, 0.29) is 0 Å². The number of piperidine rings is 1. The van der Waals surface area contributed by atoms with E-state index in [0.717, 1.165) is 18.7 Å². The van der Waals surface area contributed by atoms with E-state index < -0.39 is 0 Å². The molecule has 0 aromatic heterocycles. The van der Waals surface area contributed by atoms with Crippen LogP contribution in [0.15, 0.2) is 29.3 Å². The van der Waals surface area contributed by atoms with E-state index in [1.807, 2.05) is 0 Å². The Hall–Kier alpha value is -1.15. The highest BCUT2D eigenvalue weighted by atomic mass is 15.1. The summed E-state index contributed by atoms with van der Waals surface area (Å²) in [5, 5.41) is 0. The number of para-hydroxylation sites is 1. The topological polar surface area (TPSA) is 15.6 Å². The number of nitrogens with zero attached hydrogens (tertiary/aromatic N) is 2. The van der Waals surface area contributed by atoms with Gasteiger partial charge in [-0.2, -0.15) is 0 Å². The van der Waals surface area contributed by atoms with Gasteiger partial charge in [0.1, 0.15) is 0 Å². The first-order valence-corrected chi connectivity index (χ1v) is 6.41. The molecule has 17 heavy (non-hydrogen) atoms. The zero-order valence-corrected chi connectivity index (χ0v) is 11.3. The van der Waals surface area contributed by atoms with Crippen LogP contribution in [-0.4, -0.2) is 30.2 Å². The molecule has 2 atom stereocenters. The Morgan fingerprint density at radius 2 is 1.94 bits per heavy atom. The van der Waals surface area contributed by atoms with Crippen molar-refractivity contribution in [1.82, 2.24) is 4.90 Å². The molecule has 1 saturated heterocycles. The van der Waals surface area contributed by atoms with Crippen LogP contribution in [-0.2, 0) is 0 Å². The predicted molar refractivity (Wildman–Crippen MR) is 74.1 cm³/mol. The average Bonchev–Trinajstić information content (AvgIpc) is 2.29. The van der Waals surface area contributed by atoms with Crippen LogP contribution >= 0.6 is 0 Å². The normalized spacial score (nSPS) is 28.6. The lowest BCUT2D eigenvalue weighted by atomic mass is 9.93. The van der Waals surface area contributed by atoms with E-state index in [1.54, 1.807) is 0 Å². The molecule has 1 aliphatic heterocycles. The molecule has 0 saturated carbocycles. The summed E-state index contributed by atoms with van der Waals surface area (Å²) in [6.45, 7) is 7.80. The summed E-state index contributed by atoms with van der Waals surface area (Å²) >= 11 is 0. The molecule has 1 aromatic carbocycles. The lowest BCUT2D eigenvalue weighted by Gasteiger charge is -2.34. The van der Waals surface area contributed by atoms with Crippen LogP contribution in [0.2, 0.25) is 0 Å². The van der Waals surface area contributed by atoms with Crippen LogP contribution in [0.3, 0.4) is 0 Å². The molecule has 92 valence electrons. The third kappa shape index (κ3) is 2.75. The van der Waals surface area contributed by atoms with Gasteiger partial charge in [0.25, 0.3) is 0 Å². The second-order valence-corrected chi connectivity index (χ2v) is 5.28. The van der Waals surface area contributed by atoms with Crippen molar-refractivity contribution in [2.24, 2.45) is 10.9 Å². The first-order valence-electron chi connectivity index (χ1n) is 6.41. The lowest BCUT2D eigenvalue weighted by molar-refractivity contribution is 0.226. The number of hydrogen-bond acceptors (Lipinski definition) is 2. The molecule has 2 nitrogen and oxygen atoms in total. The van der Waals surface area contributed by atoms with Gasteiger partial charge >= 0.3 is 0 Å². The standard InChI is InChI=1S/C15H22N2/c1-11-7-5-6-8-14(11)16-15-9-13(3)17(4)10-12(15)2/h5-8,12-13H,9-10H2,1-4H3/t12-,13+/m1/s1. The van der Waals surface area contributed by atoms with Crippen molar-refractivity contribution in [2.75, 3.05) is 13.6 Å². The number of rotatable bonds is 1. The molecule has 2 heteroatoms. The van der Waals surface area contributed by atoms with Crippen LogP contribution in [0.25, 0.3) is 0 Å². The van der Waals surface area contributed by atoms with Crippen molar-refractivity contribution in [3.63, 3.8) is 0 Å². The Morgan fingerprint density at radius 3 is 2.65 bits per heavy atom. The highest BCUT2D eigenvalue weighted by Crippen LogP contribution is 2.24. The number of aryl methyl sites for hydroxylation is 1. The number of benzene rings is 1. The van der Waals surface area contributed by atoms with Crippen molar-refractivity contribution in [1.29, 1.82) is 0 Å². The van der Waals surface area contributed by atoms with Crippen LogP contribution in [0.4, 0.5) is 5.69 Å². The van der Waals surface area contributed by atoms with Gasteiger partial charge in [-0.3, -0.25) is 4.99 Å². The molecular weight excluding hydrogens is 208 g/mol. The largest absolute Gasteiger partial charge is 0.303 e. The highest BCUT2D eigenvalue weighted by molar-refractivity contribution is 5.90. The second kappa shape index (κ2) is 5.01. The van der Waals surface area contributed by atoms with Gasteiger partial charge in [-0.05, 0) is 32.5 Å². The van der Waals surface area contributed by atoms with Crippen LogP contribution in [0, 0.1) is 12.8 Å². The van der Waals surface area contributed by atoms with E-state index >= 15 is 0 Å². The summed E-state index contributed by atoms with van der Waals surface area (Å²) in [5.41, 5.74) is 3.75. The lowest BCUT2D eigenvalue weighted by Crippen LogP contribution is -2.42. The fraction of sp³-hybridized carbons (Fsp3) is 0.533. The summed E-state index contributed by atoms with van der Waals surface area (Å²) in [5.74, 6) is 0.566. The Balaban J connectivity index is 2.25. The zero-order chi connectivity index (χ0) is 12.4. The number of hydrogen-bond donors (Lipinski definition) is 0. The van der Waals surface area contributed by atoms with Gasteiger partial charge in [-0.1, -0.05) is 25.1 Å². The predicted octanol–water partition coefficient (Wildman–Crippen LogP) is 3.43. The fourth-order valence-corrected chi connectivity index (χ4v) is 2.38. The van der Waals surface area contributed by atoms with Crippen molar-refractivity contribution in [3.05, 3.63) is 29.8 Å². The summed E-state index contributed by atoms with van der Waals surface area (Å²) in [7, 11) is 2.20. The Morgan fingerprint density at radius 1 is 1.24 bits per heavy atom. The molecule has 1 aromatic rings. The van der Waals surface area contributed by atoms with Gasteiger partial charge in [-0.25, -0.2) is 0 Å². The van der Waals surface area contributed by atoms with Crippen molar-refractivity contribution >= 4 is 11.4 Å². The van der Waals surface area contributed by atoms with E-state index in [9.17, 15) is 0 Å². The van der Waals surface area contributed by atoms with Gasteiger partial charge in [0.2, 0.25) is 0 Å². The minimum atomic E-state index is 0.566. The molecule has 0 bridgehead atoms. The fourth-order valence-electron chi connectivity index (χ4n) is 2.38. The molecule has 1 heterocycles. The summed E-state index contributed by atoms with van der Waals surface area (Å²) in [6, 6.07) is 8.98. The molecular formula is C15H22N2. The zero-order valence-electron chi connectivity index (χ0n) is 11.3. The quantitative estimate of drug-likeness (QED) is 0.721. The van der Waals surface area contributed by atoms with Crippen molar-refractivity contribution < 1.29 is 0 Å². The Bertz CT molecular complexity index is 423. The first kappa shape index (κ1) is 12.3. The maximum absolute atomic E-state index is 4.87. The summed E-state index contributed by atoms with van der Waals surface area (Å²) in [4.78, 5) is 7.29. The van der Waals surface area contributed by atoms with Gasteiger partial charge in [0, 0.05) is 30.6 Å². The molecule has 0 aliphatic carbocycles. The number of likely N-dealkylation sites (tertiary alicyclic amines) is 1. The van der Waals surface area contributed by atoms with Gasteiger partial charge in [0.05, 0.1) is 5.69 Å². The van der Waals surface area contributed by atoms with Crippen molar-refractivity contribution in [3.8, 4) is 0 Å². The smallest absolute Gasteiger partial charge is 0.0658 e. The molecule has 0 N–H and O–H groups in total. The average molecular weight is 230 g/mol. The van der Waals surface area contributed by atoms with Crippen LogP contribution in [0.1, 0.15) is 25.8 Å². The maximum atomic E-state index is 4.87. The Kier molecular flexibility index (Phi) is 3.63. The van der Waals surface area contributed by atoms with E-state index in [1.165, 1.54) is 11.3 Å². The van der Waals surface area contributed by atoms with E-state index in [2.05, 4.69) is 57.0 Å². The Labute approximate surface area is 104 Å². The maximum Gasteiger partial charge on any atom is 0.0658 e. The SMILES string of the molecule is Cc1ccccc1N=C1C[C@H](C)N(C)C[C@H]1C. The van der Waals surface area contributed by atoms with E-state index in [4.69, 9.17) is 4.99 Å². The molecule has 1 aliphatic rings. The summed E-state index contributed by atoms with van der Waals surface area (Å²) in [6.07, 6.45) is 1.09. The third-order valence-electron chi connectivity index (χ3n) is 3.77. The van der Waals surface area contributed by atoms with Crippen LogP contribution in [0.5, 0.6) is 0 Å². The monoisotopic (exact) mass is 230 g/mol. The van der Waals surface area contributed by atoms with E-state index in [0.29, 0.717) is 12.0 Å². The molecule has 0 unspecified atom stereocenters. The first-order chi connectivity index (χ1) is 8.08. The molecule has 1 fully saturated rings. The minimum Gasteiger partial charge on any atom is -0.303 e.